The Morgan fingerprint density at radius 1 is 1.08 bits per heavy atom. The largest absolute Gasteiger partial charge is 0.355 e. The summed E-state index contributed by atoms with van der Waals surface area (Å²) in [6.07, 6.45) is 5.43. The van der Waals surface area contributed by atoms with E-state index >= 15 is 0 Å². The fourth-order valence-electron chi connectivity index (χ4n) is 3.52. The first-order valence-electron chi connectivity index (χ1n) is 9.85. The summed E-state index contributed by atoms with van der Waals surface area (Å²) in [4.78, 5) is 30.6. The molecule has 7 nitrogen and oxygen atoms in total. The molecule has 1 atom stereocenters. The van der Waals surface area contributed by atoms with Gasteiger partial charge in [0.05, 0.1) is 0 Å². The van der Waals surface area contributed by atoms with Crippen molar-refractivity contribution in [2.45, 2.75) is 58.9 Å². The van der Waals surface area contributed by atoms with Gasteiger partial charge in [0.1, 0.15) is 0 Å². The number of hydrogen-bond donors (Lipinski definition) is 3. The number of carbonyl (C=O) groups excluding carboxylic acids is 2. The average Bonchev–Trinajstić information content (AvgIpc) is 3.27. The number of nitrogens with zero attached hydrogens (tertiary/aromatic N) is 2. The summed E-state index contributed by atoms with van der Waals surface area (Å²) in [6.45, 7) is 8.42. The van der Waals surface area contributed by atoms with Gasteiger partial charge in [0, 0.05) is 50.6 Å². The van der Waals surface area contributed by atoms with Crippen LogP contribution in [0, 0.1) is 11.3 Å². The number of aliphatic imine (C=N–C) groups is 1. The zero-order valence-electron chi connectivity index (χ0n) is 16.7. The number of hydrogen-bond acceptors (Lipinski definition) is 3. The molecule has 1 heterocycles. The van der Waals surface area contributed by atoms with Crippen LogP contribution in [0.15, 0.2) is 4.99 Å². The topological polar surface area (TPSA) is 85.8 Å². The van der Waals surface area contributed by atoms with Crippen molar-refractivity contribution >= 4 is 17.8 Å². The molecule has 2 amide bonds. The number of amides is 2. The predicted octanol–water partition coefficient (Wildman–Crippen LogP) is 1.10. The van der Waals surface area contributed by atoms with Crippen molar-refractivity contribution in [2.24, 2.45) is 16.3 Å². The Morgan fingerprint density at radius 2 is 1.73 bits per heavy atom. The number of rotatable bonds is 5. The second-order valence-corrected chi connectivity index (χ2v) is 8.40. The molecule has 0 aromatic carbocycles. The molecule has 0 bridgehead atoms. The molecule has 148 valence electrons. The summed E-state index contributed by atoms with van der Waals surface area (Å²) in [5.74, 6) is 1.34. The van der Waals surface area contributed by atoms with Gasteiger partial charge in [-0.05, 0) is 19.3 Å². The van der Waals surface area contributed by atoms with E-state index in [1.54, 1.807) is 7.05 Å². The van der Waals surface area contributed by atoms with E-state index in [2.05, 4.69) is 20.9 Å². The number of guanidine groups is 1. The van der Waals surface area contributed by atoms with Gasteiger partial charge in [0.25, 0.3) is 0 Å². The Bertz CT molecular complexity index is 521. The highest BCUT2D eigenvalue weighted by atomic mass is 16.2. The highest BCUT2D eigenvalue weighted by Crippen LogP contribution is 2.27. The van der Waals surface area contributed by atoms with E-state index in [9.17, 15) is 9.59 Å². The average molecular weight is 366 g/mol. The van der Waals surface area contributed by atoms with Gasteiger partial charge in [-0.1, -0.05) is 33.6 Å². The maximum absolute atomic E-state index is 12.5. The second-order valence-electron chi connectivity index (χ2n) is 8.40. The van der Waals surface area contributed by atoms with E-state index in [-0.39, 0.29) is 23.3 Å². The second kappa shape index (κ2) is 9.24. The molecule has 2 fully saturated rings. The lowest BCUT2D eigenvalue weighted by atomic mass is 9.96. The van der Waals surface area contributed by atoms with E-state index in [0.717, 1.165) is 38.3 Å². The van der Waals surface area contributed by atoms with Crippen LogP contribution in [0.5, 0.6) is 0 Å². The molecular weight excluding hydrogens is 330 g/mol. The lowest BCUT2D eigenvalue weighted by Gasteiger charge is -2.22. The molecule has 1 saturated heterocycles. The molecule has 7 heteroatoms. The summed E-state index contributed by atoms with van der Waals surface area (Å²) >= 11 is 0. The van der Waals surface area contributed by atoms with Crippen LogP contribution >= 0.6 is 0 Å². The Labute approximate surface area is 157 Å². The third-order valence-electron chi connectivity index (χ3n) is 5.15. The van der Waals surface area contributed by atoms with E-state index in [1.807, 2.05) is 25.7 Å². The van der Waals surface area contributed by atoms with Crippen LogP contribution in [0.1, 0.15) is 52.9 Å². The third-order valence-corrected chi connectivity index (χ3v) is 5.15. The molecule has 1 unspecified atom stereocenters. The van der Waals surface area contributed by atoms with Crippen molar-refractivity contribution < 1.29 is 9.59 Å². The summed E-state index contributed by atoms with van der Waals surface area (Å²) in [5, 5.41) is 9.53. The van der Waals surface area contributed by atoms with Crippen molar-refractivity contribution in [2.75, 3.05) is 33.2 Å². The van der Waals surface area contributed by atoms with Crippen molar-refractivity contribution in [3.8, 4) is 0 Å². The quantitative estimate of drug-likeness (QED) is 0.387. The summed E-state index contributed by atoms with van der Waals surface area (Å²) < 4.78 is 0. The normalized spacial score (nSPS) is 21.8. The molecule has 2 rings (SSSR count). The van der Waals surface area contributed by atoms with E-state index < -0.39 is 0 Å². The first-order valence-corrected chi connectivity index (χ1v) is 9.85. The molecule has 0 spiro atoms. The van der Waals surface area contributed by atoms with Crippen LogP contribution in [-0.4, -0.2) is 61.9 Å². The van der Waals surface area contributed by atoms with Gasteiger partial charge < -0.3 is 20.9 Å². The highest BCUT2D eigenvalue weighted by molar-refractivity contribution is 5.82. The molecule has 2 aliphatic rings. The molecular formula is C19H35N5O2. The van der Waals surface area contributed by atoms with Crippen LogP contribution < -0.4 is 16.0 Å². The maximum Gasteiger partial charge on any atom is 0.225 e. The van der Waals surface area contributed by atoms with Gasteiger partial charge in [-0.15, -0.1) is 0 Å². The molecule has 1 aliphatic heterocycles. The SMILES string of the molecule is CN=C(NCCNC(=O)C(C)(C)C)NC1CCN(C(=O)C2CCCC2)C1. The molecule has 26 heavy (non-hydrogen) atoms. The fourth-order valence-corrected chi connectivity index (χ4v) is 3.52. The van der Waals surface area contributed by atoms with E-state index in [0.29, 0.717) is 19.0 Å². The smallest absolute Gasteiger partial charge is 0.225 e. The van der Waals surface area contributed by atoms with Crippen molar-refractivity contribution in [3.05, 3.63) is 0 Å². The van der Waals surface area contributed by atoms with Gasteiger partial charge in [-0.3, -0.25) is 14.6 Å². The highest BCUT2D eigenvalue weighted by Gasteiger charge is 2.32. The van der Waals surface area contributed by atoms with Crippen molar-refractivity contribution in [1.29, 1.82) is 0 Å². The van der Waals surface area contributed by atoms with Crippen LogP contribution in [0.3, 0.4) is 0 Å². The first-order chi connectivity index (χ1) is 12.3. The molecule has 1 aliphatic carbocycles. The zero-order chi connectivity index (χ0) is 19.2. The molecule has 1 saturated carbocycles. The summed E-state index contributed by atoms with van der Waals surface area (Å²) in [5.41, 5.74) is -0.376. The van der Waals surface area contributed by atoms with Gasteiger partial charge in [0.2, 0.25) is 11.8 Å². The zero-order valence-corrected chi connectivity index (χ0v) is 16.7. The van der Waals surface area contributed by atoms with Gasteiger partial charge in [-0.2, -0.15) is 0 Å². The van der Waals surface area contributed by atoms with Crippen molar-refractivity contribution in [1.82, 2.24) is 20.9 Å². The van der Waals surface area contributed by atoms with E-state index in [1.165, 1.54) is 12.8 Å². The van der Waals surface area contributed by atoms with Crippen LogP contribution in [0.4, 0.5) is 0 Å². The fraction of sp³-hybridized carbons (Fsp3) is 0.842. The molecule has 0 radical (unpaired) electrons. The third kappa shape index (κ3) is 5.88. The number of likely N-dealkylation sites (tertiary alicyclic amines) is 1. The van der Waals surface area contributed by atoms with E-state index in [4.69, 9.17) is 0 Å². The molecule has 0 aromatic heterocycles. The van der Waals surface area contributed by atoms with Crippen LogP contribution in [0.25, 0.3) is 0 Å². The predicted molar refractivity (Wildman–Crippen MR) is 104 cm³/mol. The van der Waals surface area contributed by atoms with Crippen LogP contribution in [-0.2, 0) is 9.59 Å². The Morgan fingerprint density at radius 3 is 2.35 bits per heavy atom. The first kappa shape index (κ1) is 20.5. The van der Waals surface area contributed by atoms with Gasteiger partial charge >= 0.3 is 0 Å². The lowest BCUT2D eigenvalue weighted by molar-refractivity contribution is -0.134. The lowest BCUT2D eigenvalue weighted by Crippen LogP contribution is -2.47. The van der Waals surface area contributed by atoms with Crippen molar-refractivity contribution in [3.63, 3.8) is 0 Å². The van der Waals surface area contributed by atoms with Gasteiger partial charge in [-0.25, -0.2) is 0 Å². The minimum atomic E-state index is -0.376. The Kier molecular flexibility index (Phi) is 7.29. The molecule has 0 aromatic rings. The van der Waals surface area contributed by atoms with Gasteiger partial charge in [0.15, 0.2) is 5.96 Å². The van der Waals surface area contributed by atoms with Crippen LogP contribution in [0.2, 0.25) is 0 Å². The summed E-state index contributed by atoms with van der Waals surface area (Å²) in [7, 11) is 1.74. The summed E-state index contributed by atoms with van der Waals surface area (Å²) in [6, 6.07) is 0.232. The minimum absolute atomic E-state index is 0.0408. The monoisotopic (exact) mass is 365 g/mol. The molecule has 3 N–H and O–H groups in total. The maximum atomic E-state index is 12.5. The number of carbonyl (C=O) groups is 2. The Hall–Kier alpha value is -1.79. The standard InChI is InChI=1S/C19H35N5O2/c1-19(2,3)17(26)21-10-11-22-18(20-4)23-15-9-12-24(13-15)16(25)14-7-5-6-8-14/h14-15H,5-13H2,1-4H3,(H,21,26)(H2,20,22,23). The minimum Gasteiger partial charge on any atom is -0.355 e. The Balaban J connectivity index is 1.68. The number of nitrogens with one attached hydrogen (secondary N) is 3.